The number of aromatic amines is 1. The molecule has 0 aliphatic rings. The van der Waals surface area contributed by atoms with Crippen molar-refractivity contribution in [2.45, 2.75) is 6.92 Å². The number of benzene rings is 1. The van der Waals surface area contributed by atoms with Crippen LogP contribution in [0.25, 0.3) is 11.4 Å². The standard InChI is InChI=1S/C9H8N4O3/c1-4-2-5(8-10-12-13-11-8)7(14)6(3-4)9(15)16/h2-3,14H,1H3,(H,15,16)(H,10,11,12,13). The van der Waals surface area contributed by atoms with Crippen molar-refractivity contribution in [1.29, 1.82) is 0 Å². The van der Waals surface area contributed by atoms with Crippen molar-refractivity contribution in [1.82, 2.24) is 20.6 Å². The Morgan fingerprint density at radius 3 is 2.75 bits per heavy atom. The number of hydrogen-bond donors (Lipinski definition) is 3. The number of H-pyrrole nitrogens is 1. The number of aromatic carboxylic acids is 1. The maximum Gasteiger partial charge on any atom is 0.339 e. The highest BCUT2D eigenvalue weighted by molar-refractivity contribution is 5.93. The number of carboxylic acids is 1. The minimum absolute atomic E-state index is 0.175. The van der Waals surface area contributed by atoms with E-state index in [1.54, 1.807) is 13.0 Å². The maximum atomic E-state index is 10.9. The highest BCUT2D eigenvalue weighted by Crippen LogP contribution is 2.30. The fourth-order valence-corrected chi connectivity index (χ4v) is 1.40. The summed E-state index contributed by atoms with van der Waals surface area (Å²) in [5, 5.41) is 31.5. The number of aromatic nitrogens is 4. The topological polar surface area (TPSA) is 112 Å². The molecule has 0 spiro atoms. The molecule has 0 saturated heterocycles. The summed E-state index contributed by atoms with van der Waals surface area (Å²) >= 11 is 0. The van der Waals surface area contributed by atoms with E-state index in [1.807, 2.05) is 0 Å². The Bertz CT molecular complexity index is 536. The van der Waals surface area contributed by atoms with Crippen molar-refractivity contribution >= 4 is 5.97 Å². The van der Waals surface area contributed by atoms with Gasteiger partial charge in [0, 0.05) is 0 Å². The summed E-state index contributed by atoms with van der Waals surface area (Å²) in [5.74, 6) is -1.32. The lowest BCUT2D eigenvalue weighted by Gasteiger charge is -2.05. The number of tetrazole rings is 1. The molecule has 0 fully saturated rings. The monoisotopic (exact) mass is 220 g/mol. The van der Waals surface area contributed by atoms with E-state index in [1.165, 1.54) is 6.07 Å². The largest absolute Gasteiger partial charge is 0.506 e. The Labute approximate surface area is 89.7 Å². The zero-order chi connectivity index (χ0) is 11.7. The molecule has 0 aliphatic carbocycles. The second-order valence-electron chi connectivity index (χ2n) is 3.26. The van der Waals surface area contributed by atoms with Gasteiger partial charge in [-0.05, 0) is 35.0 Å². The second-order valence-corrected chi connectivity index (χ2v) is 3.26. The quantitative estimate of drug-likeness (QED) is 0.682. The SMILES string of the molecule is Cc1cc(C(=O)O)c(O)c(-c2nnn[nH]2)c1. The molecule has 1 aromatic heterocycles. The van der Waals surface area contributed by atoms with E-state index in [2.05, 4.69) is 20.6 Å². The summed E-state index contributed by atoms with van der Waals surface area (Å²) in [6.07, 6.45) is 0. The first kappa shape index (κ1) is 10.1. The van der Waals surface area contributed by atoms with Gasteiger partial charge in [0.05, 0.1) is 5.56 Å². The van der Waals surface area contributed by atoms with E-state index in [0.29, 0.717) is 5.56 Å². The van der Waals surface area contributed by atoms with Crippen LogP contribution in [-0.4, -0.2) is 36.8 Å². The Hall–Kier alpha value is -2.44. The van der Waals surface area contributed by atoms with E-state index >= 15 is 0 Å². The lowest BCUT2D eigenvalue weighted by molar-refractivity contribution is 0.0693. The summed E-state index contributed by atoms with van der Waals surface area (Å²) in [5.41, 5.74) is 0.787. The predicted molar refractivity (Wildman–Crippen MR) is 53.0 cm³/mol. The maximum absolute atomic E-state index is 10.9. The van der Waals surface area contributed by atoms with E-state index < -0.39 is 5.97 Å². The number of hydrogen-bond acceptors (Lipinski definition) is 5. The number of aromatic hydroxyl groups is 1. The van der Waals surface area contributed by atoms with Gasteiger partial charge in [0.2, 0.25) is 0 Å². The Morgan fingerprint density at radius 1 is 1.44 bits per heavy atom. The molecule has 7 nitrogen and oxygen atoms in total. The van der Waals surface area contributed by atoms with Crippen LogP contribution >= 0.6 is 0 Å². The summed E-state index contributed by atoms with van der Waals surface area (Å²) < 4.78 is 0. The zero-order valence-corrected chi connectivity index (χ0v) is 8.30. The van der Waals surface area contributed by atoms with Crippen LogP contribution in [0.3, 0.4) is 0 Å². The van der Waals surface area contributed by atoms with Crippen LogP contribution in [0.4, 0.5) is 0 Å². The summed E-state index contributed by atoms with van der Waals surface area (Å²) in [4.78, 5) is 10.9. The number of carbonyl (C=O) groups is 1. The molecule has 3 N–H and O–H groups in total. The number of rotatable bonds is 2. The third-order valence-corrected chi connectivity index (χ3v) is 2.09. The van der Waals surface area contributed by atoms with Crippen LogP contribution in [0.15, 0.2) is 12.1 Å². The number of nitrogens with zero attached hydrogens (tertiary/aromatic N) is 3. The summed E-state index contributed by atoms with van der Waals surface area (Å²) in [6, 6.07) is 2.98. The molecule has 0 amide bonds. The van der Waals surface area contributed by atoms with Crippen molar-refractivity contribution in [2.75, 3.05) is 0 Å². The van der Waals surface area contributed by atoms with Gasteiger partial charge >= 0.3 is 5.97 Å². The molecule has 0 radical (unpaired) electrons. The lowest BCUT2D eigenvalue weighted by atomic mass is 10.0. The first-order valence-electron chi connectivity index (χ1n) is 4.40. The highest BCUT2D eigenvalue weighted by Gasteiger charge is 2.17. The smallest absolute Gasteiger partial charge is 0.339 e. The minimum Gasteiger partial charge on any atom is -0.506 e. The molecule has 16 heavy (non-hydrogen) atoms. The highest BCUT2D eigenvalue weighted by atomic mass is 16.4. The van der Waals surface area contributed by atoms with E-state index in [-0.39, 0.29) is 22.7 Å². The molecule has 0 aliphatic heterocycles. The van der Waals surface area contributed by atoms with Gasteiger partial charge in [-0.15, -0.1) is 5.10 Å². The first-order valence-corrected chi connectivity index (χ1v) is 4.40. The van der Waals surface area contributed by atoms with Crippen molar-refractivity contribution in [3.8, 4) is 17.1 Å². The van der Waals surface area contributed by atoms with Gasteiger partial charge in [0.25, 0.3) is 0 Å². The molecule has 0 unspecified atom stereocenters. The van der Waals surface area contributed by atoms with Gasteiger partial charge in [0.15, 0.2) is 5.82 Å². The average Bonchev–Trinajstić information content (AvgIpc) is 2.73. The number of aryl methyl sites for hydroxylation is 1. The molecule has 0 atom stereocenters. The molecule has 1 heterocycles. The minimum atomic E-state index is -1.20. The fraction of sp³-hybridized carbons (Fsp3) is 0.111. The van der Waals surface area contributed by atoms with E-state index in [0.717, 1.165) is 0 Å². The molecule has 2 aromatic rings. The van der Waals surface area contributed by atoms with Crippen molar-refractivity contribution in [2.24, 2.45) is 0 Å². The zero-order valence-electron chi connectivity index (χ0n) is 8.30. The molecule has 7 heteroatoms. The molecule has 0 bridgehead atoms. The fourth-order valence-electron chi connectivity index (χ4n) is 1.40. The molecule has 0 saturated carbocycles. The summed E-state index contributed by atoms with van der Waals surface area (Å²) in [6.45, 7) is 1.72. The van der Waals surface area contributed by atoms with Crippen molar-refractivity contribution in [3.05, 3.63) is 23.3 Å². The van der Waals surface area contributed by atoms with Gasteiger partial charge in [0.1, 0.15) is 11.3 Å². The molecular formula is C9H8N4O3. The second kappa shape index (κ2) is 3.61. The van der Waals surface area contributed by atoms with E-state index in [4.69, 9.17) is 5.11 Å². The van der Waals surface area contributed by atoms with Crippen LogP contribution < -0.4 is 0 Å². The third-order valence-electron chi connectivity index (χ3n) is 2.09. The Kier molecular flexibility index (Phi) is 2.28. The number of nitrogens with one attached hydrogen (secondary N) is 1. The van der Waals surface area contributed by atoms with Crippen LogP contribution in [0.5, 0.6) is 5.75 Å². The first-order chi connectivity index (χ1) is 7.59. The van der Waals surface area contributed by atoms with E-state index in [9.17, 15) is 9.90 Å². The normalized spacial score (nSPS) is 10.3. The number of phenols is 1. The van der Waals surface area contributed by atoms with Crippen LogP contribution in [0.2, 0.25) is 0 Å². The molecule has 2 rings (SSSR count). The Morgan fingerprint density at radius 2 is 2.19 bits per heavy atom. The third kappa shape index (κ3) is 1.58. The van der Waals surface area contributed by atoms with Gasteiger partial charge < -0.3 is 10.2 Å². The van der Waals surface area contributed by atoms with Gasteiger partial charge in [-0.1, -0.05) is 0 Å². The van der Waals surface area contributed by atoms with Gasteiger partial charge in [-0.3, -0.25) is 0 Å². The molecule has 82 valence electrons. The number of carboxylic acid groups (broad SMARTS) is 1. The summed E-state index contributed by atoms with van der Waals surface area (Å²) in [7, 11) is 0. The van der Waals surface area contributed by atoms with Crippen LogP contribution in [0.1, 0.15) is 15.9 Å². The van der Waals surface area contributed by atoms with Crippen LogP contribution in [-0.2, 0) is 0 Å². The average molecular weight is 220 g/mol. The van der Waals surface area contributed by atoms with Crippen LogP contribution in [0, 0.1) is 6.92 Å². The van der Waals surface area contributed by atoms with Gasteiger partial charge in [-0.2, -0.15) is 0 Å². The van der Waals surface area contributed by atoms with Crippen molar-refractivity contribution in [3.63, 3.8) is 0 Å². The predicted octanol–water partition coefficient (Wildman–Crippen LogP) is 0.579. The molecule has 1 aromatic carbocycles. The molecular weight excluding hydrogens is 212 g/mol. The lowest BCUT2D eigenvalue weighted by Crippen LogP contribution is -1.99. The Balaban J connectivity index is 2.67. The van der Waals surface area contributed by atoms with Gasteiger partial charge in [-0.25, -0.2) is 9.89 Å². The van der Waals surface area contributed by atoms with Crippen molar-refractivity contribution < 1.29 is 15.0 Å².